The van der Waals surface area contributed by atoms with Crippen molar-refractivity contribution < 1.29 is 14.7 Å². The van der Waals surface area contributed by atoms with E-state index in [1.165, 1.54) is 0 Å². The van der Waals surface area contributed by atoms with Crippen molar-refractivity contribution >= 4 is 11.9 Å². The number of rotatable bonds is 4. The Kier molecular flexibility index (Phi) is 4.32. The second kappa shape index (κ2) is 5.52. The first-order chi connectivity index (χ1) is 7.56. The monoisotopic (exact) mass is 224 g/mol. The van der Waals surface area contributed by atoms with Crippen molar-refractivity contribution in [3.05, 3.63) is 0 Å². The Labute approximate surface area is 94.6 Å². The van der Waals surface area contributed by atoms with Crippen LogP contribution in [0.5, 0.6) is 0 Å². The van der Waals surface area contributed by atoms with Gasteiger partial charge in [-0.1, -0.05) is 0 Å². The predicted molar refractivity (Wildman–Crippen MR) is 58.4 cm³/mol. The minimum Gasteiger partial charge on any atom is -0.481 e. The van der Waals surface area contributed by atoms with Gasteiger partial charge in [0, 0.05) is 19.0 Å². The number of hydrogen-bond acceptors (Lipinski definition) is 3. The zero-order chi connectivity index (χ0) is 12.1. The van der Waals surface area contributed by atoms with Crippen LogP contribution >= 0.6 is 0 Å². The summed E-state index contributed by atoms with van der Waals surface area (Å²) in [5, 5.41) is 8.71. The average Bonchev–Trinajstić information content (AvgIpc) is 2.64. The third-order valence-electron chi connectivity index (χ3n) is 2.73. The summed E-state index contributed by atoms with van der Waals surface area (Å²) in [5.74, 6) is 1.21. The second-order valence-electron chi connectivity index (χ2n) is 3.94. The molecule has 2 unspecified atom stereocenters. The summed E-state index contributed by atoms with van der Waals surface area (Å²) in [7, 11) is 0. The summed E-state index contributed by atoms with van der Waals surface area (Å²) in [6, 6.07) is -0.937. The fourth-order valence-electron chi connectivity index (χ4n) is 1.97. The standard InChI is InChI=1S/C11H16N2O3/c1-2-4-9(12)11(16)13-6-3-5-8(13)7-10(14)15/h1,8-9H,3-7,12H2,(H,14,15). The van der Waals surface area contributed by atoms with Crippen LogP contribution in [-0.4, -0.2) is 40.5 Å². The van der Waals surface area contributed by atoms with Crippen molar-refractivity contribution in [3.63, 3.8) is 0 Å². The maximum absolute atomic E-state index is 11.8. The van der Waals surface area contributed by atoms with Crippen LogP contribution in [0.2, 0.25) is 0 Å². The van der Waals surface area contributed by atoms with Crippen molar-refractivity contribution in [2.75, 3.05) is 6.54 Å². The van der Waals surface area contributed by atoms with Gasteiger partial charge in [-0.3, -0.25) is 9.59 Å². The lowest BCUT2D eigenvalue weighted by atomic mass is 10.1. The fraction of sp³-hybridized carbons (Fsp3) is 0.636. The molecule has 1 amide bonds. The van der Waals surface area contributed by atoms with Gasteiger partial charge in [-0.25, -0.2) is 0 Å². The Morgan fingerprint density at radius 2 is 2.31 bits per heavy atom. The number of aliphatic carboxylic acids is 1. The quantitative estimate of drug-likeness (QED) is 0.648. The zero-order valence-electron chi connectivity index (χ0n) is 9.06. The summed E-state index contributed by atoms with van der Waals surface area (Å²) in [6.07, 6.45) is 6.81. The van der Waals surface area contributed by atoms with Crippen molar-refractivity contribution in [1.82, 2.24) is 4.90 Å². The van der Waals surface area contributed by atoms with Gasteiger partial charge in [0.05, 0.1) is 12.5 Å². The molecule has 5 nitrogen and oxygen atoms in total. The van der Waals surface area contributed by atoms with Crippen molar-refractivity contribution in [2.45, 2.75) is 37.8 Å². The van der Waals surface area contributed by atoms with Gasteiger partial charge in [0.2, 0.25) is 5.91 Å². The van der Waals surface area contributed by atoms with Crippen molar-refractivity contribution in [2.24, 2.45) is 5.73 Å². The predicted octanol–water partition coefficient (Wildman–Crippen LogP) is -0.197. The number of hydrogen-bond donors (Lipinski definition) is 2. The van der Waals surface area contributed by atoms with Gasteiger partial charge in [0.15, 0.2) is 0 Å². The molecule has 0 spiro atoms. The minimum absolute atomic E-state index is 0.0193. The number of nitrogens with two attached hydrogens (primary N) is 1. The molecule has 0 aliphatic carbocycles. The number of carboxylic acids is 1. The molecule has 1 aliphatic heterocycles. The zero-order valence-corrected chi connectivity index (χ0v) is 9.06. The third-order valence-corrected chi connectivity index (χ3v) is 2.73. The number of carbonyl (C=O) groups is 2. The van der Waals surface area contributed by atoms with E-state index in [9.17, 15) is 9.59 Å². The SMILES string of the molecule is C#CCC(N)C(=O)N1CCCC1CC(=O)O. The lowest BCUT2D eigenvalue weighted by Gasteiger charge is -2.25. The van der Waals surface area contributed by atoms with Gasteiger partial charge in [0.25, 0.3) is 0 Å². The van der Waals surface area contributed by atoms with Crippen LogP contribution in [-0.2, 0) is 9.59 Å². The van der Waals surface area contributed by atoms with Gasteiger partial charge in [0.1, 0.15) is 0 Å². The number of carbonyl (C=O) groups excluding carboxylic acids is 1. The largest absolute Gasteiger partial charge is 0.481 e. The van der Waals surface area contributed by atoms with Crippen molar-refractivity contribution in [3.8, 4) is 12.3 Å². The lowest BCUT2D eigenvalue weighted by Crippen LogP contribution is -2.46. The van der Waals surface area contributed by atoms with Crippen LogP contribution in [0.25, 0.3) is 0 Å². The third kappa shape index (κ3) is 2.97. The van der Waals surface area contributed by atoms with E-state index >= 15 is 0 Å². The topological polar surface area (TPSA) is 83.6 Å². The first-order valence-corrected chi connectivity index (χ1v) is 5.27. The molecule has 5 heteroatoms. The van der Waals surface area contributed by atoms with E-state index in [1.54, 1.807) is 4.90 Å². The van der Waals surface area contributed by atoms with E-state index in [0.717, 1.165) is 12.8 Å². The van der Waals surface area contributed by atoms with E-state index in [4.69, 9.17) is 17.3 Å². The normalized spacial score (nSPS) is 21.5. The lowest BCUT2D eigenvalue weighted by molar-refractivity contribution is -0.140. The second-order valence-corrected chi connectivity index (χ2v) is 3.94. The molecule has 1 fully saturated rings. The molecule has 0 radical (unpaired) electrons. The summed E-state index contributed by atoms with van der Waals surface area (Å²) in [6.45, 7) is 0.578. The average molecular weight is 224 g/mol. The molecule has 16 heavy (non-hydrogen) atoms. The molecule has 0 aromatic rings. The first-order valence-electron chi connectivity index (χ1n) is 5.27. The molecule has 1 heterocycles. The molecule has 0 aromatic carbocycles. The van der Waals surface area contributed by atoms with Gasteiger partial charge >= 0.3 is 5.97 Å². The van der Waals surface area contributed by atoms with Gasteiger partial charge in [-0.15, -0.1) is 12.3 Å². The molecule has 2 atom stereocenters. The Morgan fingerprint density at radius 1 is 1.62 bits per heavy atom. The molecule has 1 aliphatic rings. The fourth-order valence-corrected chi connectivity index (χ4v) is 1.97. The van der Waals surface area contributed by atoms with Crippen LogP contribution in [0.3, 0.4) is 0 Å². The summed E-state index contributed by atoms with van der Waals surface area (Å²) in [5.41, 5.74) is 5.62. The Hall–Kier alpha value is -1.54. The Bertz CT molecular complexity index is 322. The summed E-state index contributed by atoms with van der Waals surface area (Å²) < 4.78 is 0. The van der Waals surface area contributed by atoms with E-state index in [2.05, 4.69) is 5.92 Å². The molecular formula is C11H16N2O3. The molecule has 3 N–H and O–H groups in total. The van der Waals surface area contributed by atoms with Crippen LogP contribution in [0, 0.1) is 12.3 Å². The highest BCUT2D eigenvalue weighted by Gasteiger charge is 2.32. The van der Waals surface area contributed by atoms with Crippen LogP contribution in [0.1, 0.15) is 25.7 Å². The molecule has 1 rings (SSSR count). The molecule has 88 valence electrons. The van der Waals surface area contributed by atoms with Crippen LogP contribution in [0.15, 0.2) is 0 Å². The number of amides is 1. The molecule has 1 saturated heterocycles. The van der Waals surface area contributed by atoms with Crippen molar-refractivity contribution in [1.29, 1.82) is 0 Å². The number of likely N-dealkylation sites (tertiary alicyclic amines) is 1. The summed E-state index contributed by atoms with van der Waals surface area (Å²) >= 11 is 0. The highest BCUT2D eigenvalue weighted by atomic mass is 16.4. The van der Waals surface area contributed by atoms with Gasteiger partial charge in [-0.2, -0.15) is 0 Å². The maximum Gasteiger partial charge on any atom is 0.305 e. The van der Waals surface area contributed by atoms with E-state index < -0.39 is 12.0 Å². The molecule has 0 aromatic heterocycles. The highest BCUT2D eigenvalue weighted by molar-refractivity contribution is 5.83. The van der Waals surface area contributed by atoms with Gasteiger partial charge < -0.3 is 15.7 Å². The minimum atomic E-state index is -0.893. The Balaban J connectivity index is 2.61. The maximum atomic E-state index is 11.8. The van der Waals surface area contributed by atoms with E-state index in [0.29, 0.717) is 6.54 Å². The molecule has 0 bridgehead atoms. The highest BCUT2D eigenvalue weighted by Crippen LogP contribution is 2.21. The van der Waals surface area contributed by atoms with E-state index in [1.807, 2.05) is 0 Å². The number of carboxylic acid groups (broad SMARTS) is 1. The molecular weight excluding hydrogens is 208 g/mol. The number of nitrogens with zero attached hydrogens (tertiary/aromatic N) is 1. The van der Waals surface area contributed by atoms with Crippen LogP contribution in [0.4, 0.5) is 0 Å². The number of terminal acetylenes is 1. The first kappa shape index (κ1) is 12.5. The van der Waals surface area contributed by atoms with E-state index in [-0.39, 0.29) is 24.8 Å². The van der Waals surface area contributed by atoms with Gasteiger partial charge in [-0.05, 0) is 12.8 Å². The van der Waals surface area contributed by atoms with Crippen LogP contribution < -0.4 is 5.73 Å². The smallest absolute Gasteiger partial charge is 0.305 e. The summed E-state index contributed by atoms with van der Waals surface area (Å²) in [4.78, 5) is 24.0. The molecule has 0 saturated carbocycles. The Morgan fingerprint density at radius 3 is 2.88 bits per heavy atom.